The van der Waals surface area contributed by atoms with Crippen LogP contribution in [-0.4, -0.2) is 25.5 Å². The zero-order valence-electron chi connectivity index (χ0n) is 22.3. The number of aromatic hydroxyl groups is 1. The van der Waals surface area contributed by atoms with E-state index in [1.54, 1.807) is 11.8 Å². The lowest BCUT2D eigenvalue weighted by Gasteiger charge is -2.28. The van der Waals surface area contributed by atoms with Crippen molar-refractivity contribution in [3.63, 3.8) is 0 Å². The minimum absolute atomic E-state index is 0.164. The summed E-state index contributed by atoms with van der Waals surface area (Å²) in [5, 5.41) is 19.9. The molecule has 5 heteroatoms. The molecule has 33 heavy (non-hydrogen) atoms. The number of phenolic OH excluding ortho intramolecular Hbond substituents is 1. The van der Waals surface area contributed by atoms with Gasteiger partial charge in [0.2, 0.25) is 5.16 Å². The van der Waals surface area contributed by atoms with E-state index in [9.17, 15) is 5.11 Å². The molecule has 0 spiro atoms. The number of thioether (sulfide) groups is 1. The summed E-state index contributed by atoms with van der Waals surface area (Å²) in [5.74, 6) is 1.17. The molecule has 0 bridgehead atoms. The van der Waals surface area contributed by atoms with E-state index in [4.69, 9.17) is 4.98 Å². The molecule has 0 radical (unpaired) electrons. The van der Waals surface area contributed by atoms with Crippen LogP contribution in [0, 0.1) is 0 Å². The van der Waals surface area contributed by atoms with Gasteiger partial charge in [-0.1, -0.05) is 119 Å². The van der Waals surface area contributed by atoms with E-state index < -0.39 is 0 Å². The van der Waals surface area contributed by atoms with Crippen molar-refractivity contribution in [2.75, 3.05) is 0 Å². The minimum Gasteiger partial charge on any atom is -0.507 e. The van der Waals surface area contributed by atoms with E-state index in [-0.39, 0.29) is 10.8 Å². The number of benzene rings is 1. The second-order valence-corrected chi connectivity index (χ2v) is 13.0. The topological polar surface area (TPSA) is 61.8 Å². The molecule has 4 nitrogen and oxygen atoms in total. The van der Waals surface area contributed by atoms with Crippen LogP contribution < -0.4 is 0 Å². The molecule has 186 valence electrons. The van der Waals surface area contributed by atoms with Crippen LogP contribution in [-0.2, 0) is 10.8 Å². The van der Waals surface area contributed by atoms with Gasteiger partial charge in [-0.25, -0.2) is 4.98 Å². The summed E-state index contributed by atoms with van der Waals surface area (Å²) < 4.78 is 0. The molecule has 1 atom stereocenters. The van der Waals surface area contributed by atoms with Crippen molar-refractivity contribution < 1.29 is 5.11 Å². The van der Waals surface area contributed by atoms with Gasteiger partial charge in [0, 0.05) is 21.9 Å². The highest BCUT2D eigenvalue weighted by molar-refractivity contribution is 7.99. The molecule has 0 aliphatic rings. The fraction of sp³-hybridized carbons (Fsp3) is 0.714. The fourth-order valence-electron chi connectivity index (χ4n) is 4.15. The molecule has 1 aromatic carbocycles. The van der Waals surface area contributed by atoms with E-state index in [2.05, 4.69) is 77.7 Å². The normalized spacial score (nSPS) is 13.5. The smallest absolute Gasteiger partial charge is 0.209 e. The van der Waals surface area contributed by atoms with Crippen molar-refractivity contribution in [2.24, 2.45) is 0 Å². The standard InChI is InChI=1S/C28H47N3OS/c1-9-10-11-12-13-14-15-16-17-20(2)33-26-29-25(30-31-26)21-18-22(27(3,4)5)24(32)23(19-21)28(6,7)8/h18-20,32H,9-17H2,1-8H3,(H,29,30,31). The number of nitrogens with zero attached hydrogens (tertiary/aromatic N) is 2. The molecule has 1 unspecified atom stereocenters. The van der Waals surface area contributed by atoms with Crippen molar-refractivity contribution in [3.8, 4) is 17.1 Å². The lowest BCUT2D eigenvalue weighted by atomic mass is 9.78. The predicted octanol–water partition coefficient (Wildman–Crippen LogP) is 8.78. The Morgan fingerprint density at radius 3 is 1.91 bits per heavy atom. The van der Waals surface area contributed by atoms with Gasteiger partial charge in [-0.3, -0.25) is 5.10 Å². The van der Waals surface area contributed by atoms with Crippen molar-refractivity contribution >= 4 is 11.8 Å². The van der Waals surface area contributed by atoms with Crippen LogP contribution in [0.3, 0.4) is 0 Å². The number of hydrogen-bond donors (Lipinski definition) is 2. The molecule has 2 aromatic rings. The zero-order valence-corrected chi connectivity index (χ0v) is 23.2. The fourth-order valence-corrected chi connectivity index (χ4v) is 5.03. The molecular formula is C28H47N3OS. The lowest BCUT2D eigenvalue weighted by molar-refractivity contribution is 0.423. The monoisotopic (exact) mass is 473 g/mol. The number of rotatable bonds is 12. The molecule has 2 N–H and O–H groups in total. The van der Waals surface area contributed by atoms with Crippen LogP contribution in [0.2, 0.25) is 0 Å². The van der Waals surface area contributed by atoms with Gasteiger partial charge in [0.15, 0.2) is 5.82 Å². The van der Waals surface area contributed by atoms with Crippen molar-refractivity contribution in [2.45, 2.75) is 134 Å². The number of H-pyrrole nitrogens is 1. The summed E-state index contributed by atoms with van der Waals surface area (Å²) in [6.45, 7) is 17.3. The third-order valence-corrected chi connectivity index (χ3v) is 7.27. The van der Waals surface area contributed by atoms with Crippen LogP contribution in [0.15, 0.2) is 17.3 Å². The second kappa shape index (κ2) is 12.3. The van der Waals surface area contributed by atoms with E-state index in [1.165, 1.54) is 57.8 Å². The SMILES string of the molecule is CCCCCCCCCCC(C)Sc1n[nH]c(-c2cc(C(C)(C)C)c(O)c(C(C)(C)C)c2)n1. The Morgan fingerprint density at radius 2 is 1.39 bits per heavy atom. The summed E-state index contributed by atoms with van der Waals surface area (Å²) >= 11 is 1.75. The molecule has 0 aliphatic heterocycles. The Bertz CT molecular complexity index is 826. The third kappa shape index (κ3) is 8.66. The Morgan fingerprint density at radius 1 is 0.879 bits per heavy atom. The first kappa shape index (κ1) is 27.8. The molecular weight excluding hydrogens is 426 g/mol. The third-order valence-electron chi connectivity index (χ3n) is 6.24. The summed E-state index contributed by atoms with van der Waals surface area (Å²) in [6, 6.07) is 4.12. The average molecular weight is 474 g/mol. The van der Waals surface area contributed by atoms with Crippen LogP contribution in [0.1, 0.15) is 124 Å². The van der Waals surface area contributed by atoms with Gasteiger partial charge < -0.3 is 5.11 Å². The molecule has 0 saturated carbocycles. The quantitative estimate of drug-likeness (QED) is 0.239. The maximum atomic E-state index is 11.0. The molecule has 0 saturated heterocycles. The number of aromatic amines is 1. The van der Waals surface area contributed by atoms with Gasteiger partial charge in [0.1, 0.15) is 5.75 Å². The van der Waals surface area contributed by atoms with Gasteiger partial charge >= 0.3 is 0 Å². The summed E-state index contributed by atoms with van der Waals surface area (Å²) in [4.78, 5) is 4.80. The first-order valence-corrected chi connectivity index (χ1v) is 13.8. The second-order valence-electron chi connectivity index (χ2n) is 11.6. The van der Waals surface area contributed by atoms with E-state index in [0.717, 1.165) is 27.7 Å². The first-order chi connectivity index (χ1) is 15.4. The molecule has 0 fully saturated rings. The van der Waals surface area contributed by atoms with Crippen LogP contribution in [0.5, 0.6) is 5.75 Å². The molecule has 0 aliphatic carbocycles. The molecule has 2 rings (SSSR count). The minimum atomic E-state index is -0.164. The average Bonchev–Trinajstić information content (AvgIpc) is 3.16. The maximum Gasteiger partial charge on any atom is 0.209 e. The highest BCUT2D eigenvalue weighted by Crippen LogP contribution is 2.41. The summed E-state index contributed by atoms with van der Waals surface area (Å²) in [5.41, 5.74) is 2.54. The highest BCUT2D eigenvalue weighted by atomic mass is 32.2. The number of aromatic nitrogens is 3. The number of phenols is 1. The first-order valence-electron chi connectivity index (χ1n) is 12.9. The summed E-state index contributed by atoms with van der Waals surface area (Å²) in [6.07, 6.45) is 12.0. The van der Waals surface area contributed by atoms with E-state index in [0.29, 0.717) is 11.0 Å². The lowest BCUT2D eigenvalue weighted by Crippen LogP contribution is -2.17. The maximum absolute atomic E-state index is 11.0. The predicted molar refractivity (Wildman–Crippen MR) is 143 cm³/mol. The highest BCUT2D eigenvalue weighted by Gasteiger charge is 2.27. The molecule has 0 amide bonds. The van der Waals surface area contributed by atoms with Gasteiger partial charge in [-0.15, -0.1) is 5.10 Å². The molecule has 1 aromatic heterocycles. The van der Waals surface area contributed by atoms with Crippen LogP contribution in [0.25, 0.3) is 11.4 Å². The van der Waals surface area contributed by atoms with Crippen molar-refractivity contribution in [1.82, 2.24) is 15.2 Å². The van der Waals surface area contributed by atoms with Gasteiger partial charge in [0.25, 0.3) is 0 Å². The Hall–Kier alpha value is -1.49. The van der Waals surface area contributed by atoms with Gasteiger partial charge in [-0.05, 0) is 29.4 Å². The van der Waals surface area contributed by atoms with Gasteiger partial charge in [-0.2, -0.15) is 0 Å². The Labute approximate surface area is 206 Å². The van der Waals surface area contributed by atoms with E-state index >= 15 is 0 Å². The Balaban J connectivity index is 2.00. The largest absolute Gasteiger partial charge is 0.507 e. The number of nitrogens with one attached hydrogen (secondary N) is 1. The molecule has 1 heterocycles. The number of hydrogen-bond acceptors (Lipinski definition) is 4. The van der Waals surface area contributed by atoms with Crippen molar-refractivity contribution in [1.29, 1.82) is 0 Å². The van der Waals surface area contributed by atoms with Gasteiger partial charge in [0.05, 0.1) is 0 Å². The van der Waals surface area contributed by atoms with Crippen molar-refractivity contribution in [3.05, 3.63) is 23.3 Å². The number of unbranched alkanes of at least 4 members (excludes halogenated alkanes) is 7. The zero-order chi connectivity index (χ0) is 24.6. The van der Waals surface area contributed by atoms with E-state index in [1.807, 2.05) is 0 Å². The Kier molecular flexibility index (Phi) is 10.3. The van der Waals surface area contributed by atoms with Crippen LogP contribution >= 0.6 is 11.8 Å². The summed E-state index contributed by atoms with van der Waals surface area (Å²) in [7, 11) is 0. The van der Waals surface area contributed by atoms with Crippen LogP contribution in [0.4, 0.5) is 0 Å².